The quantitative estimate of drug-likeness (QED) is 0.847. The molecule has 4 heteroatoms. The number of benzene rings is 1. The van der Waals surface area contributed by atoms with Gasteiger partial charge in [0.2, 0.25) is 0 Å². The van der Waals surface area contributed by atoms with E-state index in [1.165, 1.54) is 0 Å². The Balaban J connectivity index is 1.81. The molecule has 0 bridgehead atoms. The number of anilines is 1. The third-order valence-corrected chi connectivity index (χ3v) is 3.22. The Hall–Kier alpha value is -1.26. The lowest BCUT2D eigenvalue weighted by atomic mass is 10.1. The lowest BCUT2D eigenvalue weighted by Gasteiger charge is -2.41. The van der Waals surface area contributed by atoms with Gasteiger partial charge in [-0.25, -0.2) is 0 Å². The molecular formula is C15H24N2O2. The van der Waals surface area contributed by atoms with E-state index in [1.807, 2.05) is 24.3 Å². The predicted molar refractivity (Wildman–Crippen MR) is 77.4 cm³/mol. The minimum absolute atomic E-state index is 0.0799. The standard InChI is InChI=1S/C15H24N2O2/c1-12-10-17(11-15(2,3)19-12)8-9-18-14-7-5-4-6-13(14)16/h4-7,12H,8-11,16H2,1-3H3. The van der Waals surface area contributed by atoms with Gasteiger partial charge in [-0.15, -0.1) is 0 Å². The van der Waals surface area contributed by atoms with Crippen LogP contribution in [-0.2, 0) is 4.74 Å². The predicted octanol–water partition coefficient (Wildman–Crippen LogP) is 2.15. The summed E-state index contributed by atoms with van der Waals surface area (Å²) in [6.45, 7) is 9.81. The fourth-order valence-electron chi connectivity index (χ4n) is 2.65. The normalized spacial score (nSPS) is 23.2. The summed E-state index contributed by atoms with van der Waals surface area (Å²) in [7, 11) is 0. The van der Waals surface area contributed by atoms with Gasteiger partial charge in [-0.3, -0.25) is 4.90 Å². The topological polar surface area (TPSA) is 47.7 Å². The van der Waals surface area contributed by atoms with Crippen molar-refractivity contribution in [3.05, 3.63) is 24.3 Å². The molecule has 2 rings (SSSR count). The van der Waals surface area contributed by atoms with Crippen molar-refractivity contribution in [2.24, 2.45) is 0 Å². The zero-order valence-electron chi connectivity index (χ0n) is 12.1. The van der Waals surface area contributed by atoms with Gasteiger partial charge in [-0.1, -0.05) is 12.1 Å². The lowest BCUT2D eigenvalue weighted by molar-refractivity contribution is -0.129. The van der Waals surface area contributed by atoms with Crippen LogP contribution in [0.25, 0.3) is 0 Å². The summed E-state index contributed by atoms with van der Waals surface area (Å²) in [5.41, 5.74) is 6.46. The zero-order chi connectivity index (χ0) is 13.9. The molecule has 1 heterocycles. The van der Waals surface area contributed by atoms with Crippen molar-refractivity contribution in [2.75, 3.05) is 32.0 Å². The average Bonchev–Trinajstić information content (AvgIpc) is 2.29. The molecule has 19 heavy (non-hydrogen) atoms. The van der Waals surface area contributed by atoms with Crippen molar-refractivity contribution in [1.29, 1.82) is 0 Å². The maximum atomic E-state index is 5.89. The van der Waals surface area contributed by atoms with Crippen LogP contribution in [0, 0.1) is 0 Å². The molecule has 1 saturated heterocycles. The summed E-state index contributed by atoms with van der Waals surface area (Å²) < 4.78 is 11.6. The van der Waals surface area contributed by atoms with Gasteiger partial charge in [0, 0.05) is 19.6 Å². The van der Waals surface area contributed by atoms with Crippen LogP contribution >= 0.6 is 0 Å². The first-order valence-electron chi connectivity index (χ1n) is 6.84. The van der Waals surface area contributed by atoms with Crippen molar-refractivity contribution < 1.29 is 9.47 Å². The highest BCUT2D eigenvalue weighted by Crippen LogP contribution is 2.22. The molecule has 1 atom stereocenters. The van der Waals surface area contributed by atoms with Gasteiger partial charge in [0.05, 0.1) is 17.4 Å². The summed E-state index contributed by atoms with van der Waals surface area (Å²) in [5, 5.41) is 0. The van der Waals surface area contributed by atoms with Gasteiger partial charge in [-0.05, 0) is 32.9 Å². The van der Waals surface area contributed by atoms with Crippen molar-refractivity contribution in [2.45, 2.75) is 32.5 Å². The third kappa shape index (κ3) is 4.11. The van der Waals surface area contributed by atoms with Gasteiger partial charge in [0.15, 0.2) is 0 Å². The zero-order valence-corrected chi connectivity index (χ0v) is 12.1. The number of para-hydroxylation sites is 2. The number of nitrogen functional groups attached to an aromatic ring is 1. The van der Waals surface area contributed by atoms with E-state index in [0.717, 1.165) is 25.4 Å². The van der Waals surface area contributed by atoms with Crippen molar-refractivity contribution in [3.8, 4) is 5.75 Å². The van der Waals surface area contributed by atoms with Crippen LogP contribution in [0.4, 0.5) is 5.69 Å². The molecule has 4 nitrogen and oxygen atoms in total. The van der Waals surface area contributed by atoms with Crippen LogP contribution in [0.1, 0.15) is 20.8 Å². The second-order valence-electron chi connectivity index (χ2n) is 5.81. The Morgan fingerprint density at radius 1 is 1.42 bits per heavy atom. The smallest absolute Gasteiger partial charge is 0.142 e. The summed E-state index contributed by atoms with van der Waals surface area (Å²) in [4.78, 5) is 2.38. The first-order chi connectivity index (χ1) is 8.96. The van der Waals surface area contributed by atoms with Crippen LogP contribution in [0.5, 0.6) is 5.75 Å². The van der Waals surface area contributed by atoms with Gasteiger partial charge in [0.25, 0.3) is 0 Å². The number of nitrogens with zero attached hydrogens (tertiary/aromatic N) is 1. The fourth-order valence-corrected chi connectivity index (χ4v) is 2.65. The molecule has 1 aromatic carbocycles. The van der Waals surface area contributed by atoms with Gasteiger partial charge in [-0.2, -0.15) is 0 Å². The highest BCUT2D eigenvalue weighted by Gasteiger charge is 2.30. The maximum absolute atomic E-state index is 5.89. The number of morpholine rings is 1. The van der Waals surface area contributed by atoms with Crippen molar-refractivity contribution in [3.63, 3.8) is 0 Å². The Morgan fingerprint density at radius 3 is 2.84 bits per heavy atom. The first kappa shape index (κ1) is 14.2. The van der Waals surface area contributed by atoms with Gasteiger partial charge < -0.3 is 15.2 Å². The van der Waals surface area contributed by atoms with E-state index in [1.54, 1.807) is 0 Å². The van der Waals surface area contributed by atoms with E-state index in [0.29, 0.717) is 12.3 Å². The highest BCUT2D eigenvalue weighted by atomic mass is 16.5. The van der Waals surface area contributed by atoms with Crippen molar-refractivity contribution in [1.82, 2.24) is 4.90 Å². The van der Waals surface area contributed by atoms with Gasteiger partial charge in [0.1, 0.15) is 12.4 Å². The van der Waals surface area contributed by atoms with E-state index in [9.17, 15) is 0 Å². The highest BCUT2D eigenvalue weighted by molar-refractivity contribution is 5.51. The second kappa shape index (κ2) is 5.80. The Morgan fingerprint density at radius 2 is 2.16 bits per heavy atom. The summed E-state index contributed by atoms with van der Waals surface area (Å²) in [6, 6.07) is 7.61. The van der Waals surface area contributed by atoms with Crippen molar-refractivity contribution >= 4 is 5.69 Å². The summed E-state index contributed by atoms with van der Waals surface area (Å²) in [5.74, 6) is 0.767. The molecule has 1 unspecified atom stereocenters. The summed E-state index contributed by atoms with van der Waals surface area (Å²) >= 11 is 0. The Bertz CT molecular complexity index is 420. The first-order valence-corrected chi connectivity index (χ1v) is 6.84. The van der Waals surface area contributed by atoms with E-state index in [2.05, 4.69) is 25.7 Å². The number of nitrogens with two attached hydrogens (primary N) is 1. The fraction of sp³-hybridized carbons (Fsp3) is 0.600. The van der Waals surface area contributed by atoms with E-state index < -0.39 is 0 Å². The molecule has 1 fully saturated rings. The minimum Gasteiger partial charge on any atom is -0.490 e. The molecule has 1 aromatic rings. The summed E-state index contributed by atoms with van der Waals surface area (Å²) in [6.07, 6.45) is 0.269. The van der Waals surface area contributed by atoms with Crippen LogP contribution in [0.3, 0.4) is 0 Å². The van der Waals surface area contributed by atoms with Crippen LogP contribution in [-0.4, -0.2) is 42.8 Å². The molecule has 0 aliphatic carbocycles. The number of hydrogen-bond donors (Lipinski definition) is 1. The molecule has 0 aromatic heterocycles. The minimum atomic E-state index is -0.0799. The maximum Gasteiger partial charge on any atom is 0.142 e. The molecule has 106 valence electrons. The van der Waals surface area contributed by atoms with Gasteiger partial charge >= 0.3 is 0 Å². The van der Waals surface area contributed by atoms with E-state index in [-0.39, 0.29) is 11.7 Å². The Kier molecular flexibility index (Phi) is 4.32. The molecule has 1 aliphatic rings. The van der Waals surface area contributed by atoms with Crippen LogP contribution in [0.2, 0.25) is 0 Å². The van der Waals surface area contributed by atoms with Crippen LogP contribution < -0.4 is 10.5 Å². The average molecular weight is 264 g/mol. The monoisotopic (exact) mass is 264 g/mol. The molecule has 0 radical (unpaired) electrons. The van der Waals surface area contributed by atoms with E-state index in [4.69, 9.17) is 15.2 Å². The number of rotatable bonds is 4. The largest absolute Gasteiger partial charge is 0.490 e. The number of ether oxygens (including phenoxy) is 2. The third-order valence-electron chi connectivity index (χ3n) is 3.22. The molecular weight excluding hydrogens is 240 g/mol. The van der Waals surface area contributed by atoms with Crippen LogP contribution in [0.15, 0.2) is 24.3 Å². The Labute approximate surface area is 115 Å². The van der Waals surface area contributed by atoms with E-state index >= 15 is 0 Å². The molecule has 1 aliphatic heterocycles. The molecule has 0 spiro atoms. The lowest BCUT2D eigenvalue weighted by Crippen LogP contribution is -2.52. The number of hydrogen-bond acceptors (Lipinski definition) is 4. The molecule has 0 amide bonds. The SMILES string of the molecule is CC1CN(CCOc2ccccc2N)CC(C)(C)O1. The molecule has 0 saturated carbocycles. The second-order valence-corrected chi connectivity index (χ2v) is 5.81. The molecule has 2 N–H and O–H groups in total.